The molecule has 0 aromatic carbocycles. The molecule has 0 bridgehead atoms. The second kappa shape index (κ2) is 6.74. The molecule has 0 spiro atoms. The van der Waals surface area contributed by atoms with Gasteiger partial charge in [-0.1, -0.05) is 32.9 Å². The third-order valence-electron chi connectivity index (χ3n) is 9.49. The Bertz CT molecular complexity index is 652. The number of rotatable bonds is 4. The Morgan fingerprint density at radius 3 is 2.78 bits per heavy atom. The molecule has 3 saturated carbocycles. The van der Waals surface area contributed by atoms with E-state index in [4.69, 9.17) is 5.11 Å². The van der Waals surface area contributed by atoms with E-state index in [1.807, 2.05) is 0 Å². The van der Waals surface area contributed by atoms with Gasteiger partial charge < -0.3 is 5.11 Å². The summed E-state index contributed by atoms with van der Waals surface area (Å²) in [7, 11) is 0. The highest BCUT2D eigenvalue weighted by Crippen LogP contribution is 2.65. The molecular formula is C24H36O3. The predicted molar refractivity (Wildman–Crippen MR) is 106 cm³/mol. The number of aliphatic carboxylic acids is 1. The lowest BCUT2D eigenvalue weighted by Gasteiger charge is -2.58. The van der Waals surface area contributed by atoms with E-state index in [1.165, 1.54) is 25.7 Å². The van der Waals surface area contributed by atoms with Crippen LogP contribution in [0, 0.1) is 46.3 Å². The molecular weight excluding hydrogens is 336 g/mol. The number of hydrogen-bond acceptors (Lipinski definition) is 2. The summed E-state index contributed by atoms with van der Waals surface area (Å²) in [6.45, 7) is 7.19. The van der Waals surface area contributed by atoms with Gasteiger partial charge >= 0.3 is 5.97 Å². The van der Waals surface area contributed by atoms with Crippen LogP contribution in [-0.2, 0) is 9.59 Å². The summed E-state index contributed by atoms with van der Waals surface area (Å²) in [4.78, 5) is 23.0. The van der Waals surface area contributed by atoms with Crippen LogP contribution in [0.2, 0.25) is 0 Å². The monoisotopic (exact) mass is 372 g/mol. The second-order valence-corrected chi connectivity index (χ2v) is 10.6. The van der Waals surface area contributed by atoms with Crippen molar-refractivity contribution in [1.29, 1.82) is 0 Å². The Kier molecular flexibility index (Phi) is 4.79. The molecule has 4 aliphatic rings. The normalized spacial score (nSPS) is 47.1. The molecule has 4 aliphatic carbocycles. The molecule has 4 rings (SSSR count). The maximum Gasteiger partial charge on any atom is 0.303 e. The Labute approximate surface area is 164 Å². The summed E-state index contributed by atoms with van der Waals surface area (Å²) in [5.41, 5.74) is 0.536. The summed E-state index contributed by atoms with van der Waals surface area (Å²) in [6, 6.07) is 0. The first kappa shape index (κ1) is 19.2. The number of hydrogen-bond donors (Lipinski definition) is 1. The van der Waals surface area contributed by atoms with Crippen LogP contribution in [0.3, 0.4) is 0 Å². The maximum absolute atomic E-state index is 12.0. The number of fused-ring (bicyclic) bond motifs is 5. The number of carbonyl (C=O) groups excluding carboxylic acids is 1. The van der Waals surface area contributed by atoms with Crippen molar-refractivity contribution in [1.82, 2.24) is 0 Å². The maximum atomic E-state index is 12.0. The lowest BCUT2D eigenvalue weighted by atomic mass is 9.46. The fourth-order valence-corrected chi connectivity index (χ4v) is 7.91. The minimum absolute atomic E-state index is 0.229. The Morgan fingerprint density at radius 1 is 1.26 bits per heavy atom. The smallest absolute Gasteiger partial charge is 0.303 e. The number of ketones is 1. The zero-order chi connectivity index (χ0) is 19.4. The molecule has 0 heterocycles. The van der Waals surface area contributed by atoms with Gasteiger partial charge in [0.25, 0.3) is 0 Å². The standard InChI is InChI=1S/C24H36O3/c1-15(4-9-22(26)27)19-7-8-20-18-6-5-16-14-17(25)10-12-23(16,2)21(18)11-13-24(19,20)3/h11,13,15-16,18-21H,4-10,12,14H2,1-3H3,(H,26,27)/t15?,16-,18?,19-,20?,21?,23+,24-/m1/s1. The molecule has 3 fully saturated rings. The summed E-state index contributed by atoms with van der Waals surface area (Å²) >= 11 is 0. The number of Topliss-reactive ketones (excluding diaryl/α,β-unsaturated/α-hetero) is 1. The third kappa shape index (κ3) is 3.00. The van der Waals surface area contributed by atoms with Crippen molar-refractivity contribution in [3.8, 4) is 0 Å². The van der Waals surface area contributed by atoms with Crippen LogP contribution in [0.25, 0.3) is 0 Å². The molecule has 4 unspecified atom stereocenters. The molecule has 0 aromatic rings. The van der Waals surface area contributed by atoms with Crippen LogP contribution in [0.4, 0.5) is 0 Å². The molecule has 150 valence electrons. The van der Waals surface area contributed by atoms with Crippen LogP contribution in [0.15, 0.2) is 12.2 Å². The lowest BCUT2D eigenvalue weighted by molar-refractivity contribution is -0.137. The Hall–Kier alpha value is -1.12. The average molecular weight is 373 g/mol. The van der Waals surface area contributed by atoms with Crippen molar-refractivity contribution in [3.63, 3.8) is 0 Å². The fourth-order valence-electron chi connectivity index (χ4n) is 7.91. The number of carboxylic acids is 1. The first-order valence-electron chi connectivity index (χ1n) is 11.2. The molecule has 1 N–H and O–H groups in total. The van der Waals surface area contributed by atoms with Gasteiger partial charge in [-0.25, -0.2) is 0 Å². The number of carbonyl (C=O) groups is 2. The highest BCUT2D eigenvalue weighted by Gasteiger charge is 2.58. The van der Waals surface area contributed by atoms with Crippen LogP contribution >= 0.6 is 0 Å². The molecule has 27 heavy (non-hydrogen) atoms. The van der Waals surface area contributed by atoms with Gasteiger partial charge in [0, 0.05) is 19.3 Å². The molecule has 3 heteroatoms. The number of carboxylic acid groups (broad SMARTS) is 1. The van der Waals surface area contributed by atoms with Crippen LogP contribution in [-0.4, -0.2) is 16.9 Å². The zero-order valence-corrected chi connectivity index (χ0v) is 17.2. The van der Waals surface area contributed by atoms with Gasteiger partial charge in [-0.3, -0.25) is 9.59 Å². The van der Waals surface area contributed by atoms with Gasteiger partial charge in [0.15, 0.2) is 0 Å². The van der Waals surface area contributed by atoms with Crippen molar-refractivity contribution in [2.45, 2.75) is 78.6 Å². The van der Waals surface area contributed by atoms with Gasteiger partial charge in [0.2, 0.25) is 0 Å². The quantitative estimate of drug-likeness (QED) is 0.664. The average Bonchev–Trinajstić information content (AvgIpc) is 2.97. The van der Waals surface area contributed by atoms with Crippen LogP contribution < -0.4 is 0 Å². The van der Waals surface area contributed by atoms with E-state index < -0.39 is 5.97 Å². The Morgan fingerprint density at radius 2 is 2.04 bits per heavy atom. The largest absolute Gasteiger partial charge is 0.481 e. The van der Waals surface area contributed by atoms with Crippen LogP contribution in [0.5, 0.6) is 0 Å². The molecule has 0 radical (unpaired) electrons. The SMILES string of the molecule is CC(CCC(=O)O)[C@H]1CCC2C3CC[C@@H]4CC(=O)CC[C@]4(C)C3C=C[C@@]21C. The van der Waals surface area contributed by atoms with Crippen molar-refractivity contribution in [2.75, 3.05) is 0 Å². The van der Waals surface area contributed by atoms with E-state index in [2.05, 4.69) is 32.9 Å². The zero-order valence-electron chi connectivity index (χ0n) is 17.2. The van der Waals surface area contributed by atoms with E-state index in [0.717, 1.165) is 37.5 Å². The van der Waals surface area contributed by atoms with Gasteiger partial charge in [0.05, 0.1) is 0 Å². The molecule has 8 atom stereocenters. The van der Waals surface area contributed by atoms with Crippen molar-refractivity contribution in [2.24, 2.45) is 46.3 Å². The first-order valence-corrected chi connectivity index (χ1v) is 11.2. The first-order chi connectivity index (χ1) is 12.8. The topological polar surface area (TPSA) is 54.4 Å². The minimum atomic E-state index is -0.668. The minimum Gasteiger partial charge on any atom is -0.481 e. The summed E-state index contributed by atoms with van der Waals surface area (Å²) in [6.07, 6.45) is 13.9. The predicted octanol–water partition coefficient (Wildman–Crippen LogP) is 5.49. The Balaban J connectivity index is 1.57. The van der Waals surface area contributed by atoms with Crippen molar-refractivity contribution >= 4 is 11.8 Å². The third-order valence-corrected chi connectivity index (χ3v) is 9.49. The van der Waals surface area contributed by atoms with E-state index in [9.17, 15) is 9.59 Å². The van der Waals surface area contributed by atoms with Gasteiger partial charge in [-0.2, -0.15) is 0 Å². The van der Waals surface area contributed by atoms with E-state index in [1.54, 1.807) is 0 Å². The van der Waals surface area contributed by atoms with E-state index in [-0.39, 0.29) is 5.41 Å². The van der Waals surface area contributed by atoms with Gasteiger partial charge in [-0.05, 0) is 84.9 Å². The molecule has 0 saturated heterocycles. The summed E-state index contributed by atoms with van der Waals surface area (Å²) in [5, 5.41) is 9.08. The molecule has 0 amide bonds. The second-order valence-electron chi connectivity index (χ2n) is 10.6. The van der Waals surface area contributed by atoms with E-state index >= 15 is 0 Å². The fraction of sp³-hybridized carbons (Fsp3) is 0.833. The van der Waals surface area contributed by atoms with Crippen LogP contribution in [0.1, 0.15) is 78.6 Å². The van der Waals surface area contributed by atoms with Gasteiger partial charge in [0.1, 0.15) is 5.78 Å². The van der Waals surface area contributed by atoms with E-state index in [0.29, 0.717) is 41.3 Å². The lowest BCUT2D eigenvalue weighted by Crippen LogP contribution is -2.51. The molecule has 0 aromatic heterocycles. The molecule has 0 aliphatic heterocycles. The van der Waals surface area contributed by atoms with Crippen molar-refractivity contribution < 1.29 is 14.7 Å². The highest BCUT2D eigenvalue weighted by atomic mass is 16.4. The van der Waals surface area contributed by atoms with Crippen molar-refractivity contribution in [3.05, 3.63) is 12.2 Å². The van der Waals surface area contributed by atoms with Gasteiger partial charge in [-0.15, -0.1) is 0 Å². The highest BCUT2D eigenvalue weighted by molar-refractivity contribution is 5.79. The molecule has 3 nitrogen and oxygen atoms in total. The number of allylic oxidation sites excluding steroid dienone is 2. The summed E-state index contributed by atoms with van der Waals surface area (Å²) in [5.74, 6) is 3.60. The summed E-state index contributed by atoms with van der Waals surface area (Å²) < 4.78 is 0.